The van der Waals surface area contributed by atoms with Crippen LogP contribution in [0.2, 0.25) is 0 Å². The van der Waals surface area contributed by atoms with Crippen molar-refractivity contribution in [3.8, 4) is 0 Å². The summed E-state index contributed by atoms with van der Waals surface area (Å²) in [4.78, 5) is 10.6. The second-order valence-corrected chi connectivity index (χ2v) is 8.09. The maximum absolute atomic E-state index is 14.0. The van der Waals surface area contributed by atoms with Gasteiger partial charge in [-0.1, -0.05) is 24.3 Å². The lowest BCUT2D eigenvalue weighted by Gasteiger charge is -2.20. The van der Waals surface area contributed by atoms with Crippen molar-refractivity contribution in [2.45, 2.75) is 24.8 Å². The third-order valence-electron chi connectivity index (χ3n) is 6.50. The molecule has 0 radical (unpaired) electrons. The van der Waals surface area contributed by atoms with E-state index in [0.29, 0.717) is 11.7 Å². The van der Waals surface area contributed by atoms with E-state index in [1.807, 2.05) is 11.9 Å². The number of fused-ring (bicyclic) bond motifs is 3. The van der Waals surface area contributed by atoms with Crippen molar-refractivity contribution in [1.29, 1.82) is 0 Å². The van der Waals surface area contributed by atoms with Gasteiger partial charge in [0.05, 0.1) is 0 Å². The van der Waals surface area contributed by atoms with Crippen molar-refractivity contribution in [1.82, 2.24) is 15.6 Å². The molecule has 29 heavy (non-hydrogen) atoms. The fraction of sp³-hybridized carbons (Fsp3) is 0.455. The highest BCUT2D eigenvalue weighted by atomic mass is 127. The van der Waals surface area contributed by atoms with E-state index in [1.54, 1.807) is 17.8 Å². The molecule has 1 aliphatic heterocycles. The topological polar surface area (TPSA) is 52.6 Å². The third kappa shape index (κ3) is 3.93. The number of benzene rings is 1. The fourth-order valence-corrected chi connectivity index (χ4v) is 5.05. The minimum atomic E-state index is -0.258. The van der Waals surface area contributed by atoms with E-state index >= 15 is 0 Å². The van der Waals surface area contributed by atoms with Crippen LogP contribution < -0.4 is 15.5 Å². The molecule has 7 heteroatoms. The van der Waals surface area contributed by atoms with Gasteiger partial charge in [0.1, 0.15) is 0 Å². The summed E-state index contributed by atoms with van der Waals surface area (Å²) in [6.45, 7) is 2.48. The van der Waals surface area contributed by atoms with Gasteiger partial charge in [0.2, 0.25) is 0 Å². The minimum Gasteiger partial charge on any atom is -0.356 e. The first-order valence-electron chi connectivity index (χ1n) is 10.1. The number of rotatable bonds is 4. The van der Waals surface area contributed by atoms with Crippen LogP contribution in [0.4, 0.5) is 10.2 Å². The number of anilines is 1. The number of aromatic nitrogens is 1. The molecule has 154 valence electrons. The van der Waals surface area contributed by atoms with Gasteiger partial charge in [0, 0.05) is 38.9 Å². The predicted molar refractivity (Wildman–Crippen MR) is 125 cm³/mol. The third-order valence-corrected chi connectivity index (χ3v) is 6.50. The van der Waals surface area contributed by atoms with Crippen LogP contribution >= 0.6 is 24.0 Å². The lowest BCUT2D eigenvalue weighted by molar-refractivity contribution is 0.609. The Morgan fingerprint density at radius 2 is 2.14 bits per heavy atom. The Morgan fingerprint density at radius 1 is 1.28 bits per heavy atom. The van der Waals surface area contributed by atoms with Crippen molar-refractivity contribution >= 4 is 35.8 Å². The van der Waals surface area contributed by atoms with E-state index in [2.05, 4.69) is 44.9 Å². The molecule has 5 nitrogen and oxygen atoms in total. The van der Waals surface area contributed by atoms with Crippen molar-refractivity contribution in [2.75, 3.05) is 31.6 Å². The highest BCUT2D eigenvalue weighted by Gasteiger charge is 2.54. The molecule has 4 atom stereocenters. The van der Waals surface area contributed by atoms with E-state index in [4.69, 9.17) is 0 Å². The largest absolute Gasteiger partial charge is 0.356 e. The average molecular weight is 507 g/mol. The van der Waals surface area contributed by atoms with E-state index in [9.17, 15) is 4.39 Å². The quantitative estimate of drug-likeness (QED) is 0.380. The van der Waals surface area contributed by atoms with Crippen LogP contribution in [0, 0.1) is 17.7 Å². The first-order chi connectivity index (χ1) is 13.7. The number of guanidine groups is 1. The summed E-state index contributed by atoms with van der Waals surface area (Å²) < 4.78 is 14.0. The van der Waals surface area contributed by atoms with Crippen LogP contribution in [0.1, 0.15) is 23.5 Å². The Bertz CT molecular complexity index is 904. The molecule has 1 saturated heterocycles. The molecule has 0 bridgehead atoms. The zero-order chi connectivity index (χ0) is 19.1. The molecule has 1 aromatic heterocycles. The standard InChI is InChI=1S/C22H26FN5.HI/c1-24-22(26-12-18-17-11-14-5-2-3-6-16(14)20(17)18)27-15-8-10-28(13-15)21-19(23)7-4-9-25-21;/h2-7,9,15,17-18,20H,8,10-13H2,1H3,(H2,24,26,27);1H. The van der Waals surface area contributed by atoms with Crippen molar-refractivity contribution in [3.63, 3.8) is 0 Å². The molecular weight excluding hydrogens is 480 g/mol. The van der Waals surface area contributed by atoms with Gasteiger partial charge in [-0.05, 0) is 53.9 Å². The van der Waals surface area contributed by atoms with E-state index in [-0.39, 0.29) is 35.8 Å². The van der Waals surface area contributed by atoms with Crippen molar-refractivity contribution in [3.05, 3.63) is 59.5 Å². The van der Waals surface area contributed by atoms with Gasteiger partial charge in [-0.3, -0.25) is 4.99 Å². The molecule has 4 unspecified atom stereocenters. The highest BCUT2D eigenvalue weighted by Crippen LogP contribution is 2.60. The fourth-order valence-electron chi connectivity index (χ4n) is 5.05. The molecule has 1 aromatic carbocycles. The lowest BCUT2D eigenvalue weighted by Crippen LogP contribution is -2.45. The molecule has 0 amide bonds. The van der Waals surface area contributed by atoms with Gasteiger partial charge in [-0.2, -0.15) is 0 Å². The SMILES string of the molecule is CN=C(NCC1C2Cc3ccccc3C12)NC1CCN(c2ncccc2F)C1.I. The summed E-state index contributed by atoms with van der Waals surface area (Å²) in [6.07, 6.45) is 3.80. The Hall–Kier alpha value is -1.90. The van der Waals surface area contributed by atoms with Gasteiger partial charge >= 0.3 is 0 Å². The van der Waals surface area contributed by atoms with Gasteiger partial charge in [-0.15, -0.1) is 24.0 Å². The summed E-state index contributed by atoms with van der Waals surface area (Å²) in [7, 11) is 1.81. The monoisotopic (exact) mass is 507 g/mol. The van der Waals surface area contributed by atoms with Crippen LogP contribution in [0.3, 0.4) is 0 Å². The Morgan fingerprint density at radius 3 is 2.97 bits per heavy atom. The zero-order valence-electron chi connectivity index (χ0n) is 16.5. The summed E-state index contributed by atoms with van der Waals surface area (Å²) in [5.74, 6) is 3.24. The second kappa shape index (κ2) is 8.45. The predicted octanol–water partition coefficient (Wildman–Crippen LogP) is 3.17. The van der Waals surface area contributed by atoms with Gasteiger partial charge in [0.25, 0.3) is 0 Å². The maximum Gasteiger partial charge on any atom is 0.191 e. The Balaban J connectivity index is 0.00000205. The van der Waals surface area contributed by atoms with Crippen molar-refractivity contribution < 1.29 is 4.39 Å². The van der Waals surface area contributed by atoms with Crippen LogP contribution in [0.15, 0.2) is 47.6 Å². The van der Waals surface area contributed by atoms with Crippen LogP contribution in [0.5, 0.6) is 0 Å². The molecular formula is C22H27FIN5. The molecule has 5 rings (SSSR count). The van der Waals surface area contributed by atoms with Gasteiger partial charge < -0.3 is 15.5 Å². The molecule has 1 saturated carbocycles. The van der Waals surface area contributed by atoms with E-state index < -0.39 is 0 Å². The zero-order valence-corrected chi connectivity index (χ0v) is 18.8. The van der Waals surface area contributed by atoms with E-state index in [0.717, 1.165) is 43.9 Å². The Labute approximate surface area is 188 Å². The van der Waals surface area contributed by atoms with Crippen LogP contribution in [-0.4, -0.2) is 43.7 Å². The number of nitrogens with zero attached hydrogens (tertiary/aromatic N) is 3. The smallest absolute Gasteiger partial charge is 0.191 e. The average Bonchev–Trinajstić information content (AvgIpc) is 3.05. The molecule has 3 aliphatic rings. The summed E-state index contributed by atoms with van der Waals surface area (Å²) >= 11 is 0. The van der Waals surface area contributed by atoms with Crippen molar-refractivity contribution in [2.24, 2.45) is 16.8 Å². The van der Waals surface area contributed by atoms with Gasteiger partial charge in [0.15, 0.2) is 17.6 Å². The van der Waals surface area contributed by atoms with Crippen LogP contribution in [0.25, 0.3) is 0 Å². The molecule has 2 heterocycles. The number of hydrogen-bond acceptors (Lipinski definition) is 3. The summed E-state index contributed by atoms with van der Waals surface area (Å²) in [5, 5.41) is 7.01. The maximum atomic E-state index is 14.0. The lowest BCUT2D eigenvalue weighted by atomic mass is 10.0. The second-order valence-electron chi connectivity index (χ2n) is 8.09. The number of pyridine rings is 1. The number of halogens is 2. The Kier molecular flexibility index (Phi) is 5.94. The summed E-state index contributed by atoms with van der Waals surface area (Å²) in [5.41, 5.74) is 3.08. The molecule has 2 aromatic rings. The number of nitrogens with one attached hydrogen (secondary N) is 2. The number of hydrogen-bond donors (Lipinski definition) is 2. The first-order valence-corrected chi connectivity index (χ1v) is 10.1. The van der Waals surface area contributed by atoms with Crippen LogP contribution in [-0.2, 0) is 6.42 Å². The number of aliphatic imine (C=N–C) groups is 1. The molecule has 2 fully saturated rings. The molecule has 2 aliphatic carbocycles. The summed E-state index contributed by atoms with van der Waals surface area (Å²) in [6, 6.07) is 12.2. The molecule has 0 spiro atoms. The molecule has 2 N–H and O–H groups in total. The van der Waals surface area contributed by atoms with E-state index in [1.165, 1.54) is 18.1 Å². The first kappa shape index (κ1) is 20.4. The normalized spacial score (nSPS) is 27.1. The minimum absolute atomic E-state index is 0. The van der Waals surface area contributed by atoms with Gasteiger partial charge in [-0.25, -0.2) is 9.37 Å². The highest BCUT2D eigenvalue weighted by molar-refractivity contribution is 14.0.